The molecule has 0 radical (unpaired) electrons. The van der Waals surface area contributed by atoms with Gasteiger partial charge in [0.25, 0.3) is 0 Å². The smallest absolute Gasteiger partial charge is 0.157 e. The van der Waals surface area contributed by atoms with E-state index < -0.39 is 0 Å². The third-order valence-corrected chi connectivity index (χ3v) is 4.92. The number of hydrogen-bond acceptors (Lipinski definition) is 7. The molecule has 8 nitrogen and oxygen atoms in total. The number of nitrogens with zero attached hydrogens (tertiary/aromatic N) is 5. The molecule has 0 unspecified atom stereocenters. The van der Waals surface area contributed by atoms with Crippen LogP contribution in [-0.4, -0.2) is 30.3 Å². The molecule has 28 heavy (non-hydrogen) atoms. The summed E-state index contributed by atoms with van der Waals surface area (Å²) >= 11 is 0. The molecule has 4 aromatic rings. The summed E-state index contributed by atoms with van der Waals surface area (Å²) in [5, 5.41) is 16.0. The first kappa shape index (κ1) is 16.2. The van der Waals surface area contributed by atoms with Crippen LogP contribution < -0.4 is 11.1 Å². The van der Waals surface area contributed by atoms with Crippen LogP contribution in [0.25, 0.3) is 16.9 Å². The summed E-state index contributed by atoms with van der Waals surface area (Å²) in [6, 6.07) is 9.69. The maximum Gasteiger partial charge on any atom is 0.157 e. The van der Waals surface area contributed by atoms with E-state index in [0.29, 0.717) is 5.82 Å². The van der Waals surface area contributed by atoms with Crippen molar-refractivity contribution in [2.75, 3.05) is 11.1 Å². The number of nitrogens with two attached hydrogens (primary N) is 1. The molecule has 0 saturated heterocycles. The molecule has 0 saturated carbocycles. The van der Waals surface area contributed by atoms with Gasteiger partial charge in [0.05, 0.1) is 11.9 Å². The topological polar surface area (TPSA) is 114 Å². The zero-order valence-corrected chi connectivity index (χ0v) is 14.9. The van der Waals surface area contributed by atoms with E-state index in [-0.39, 0.29) is 0 Å². The minimum Gasteiger partial charge on any atom is -0.411 e. The van der Waals surface area contributed by atoms with Crippen LogP contribution >= 0.6 is 0 Å². The summed E-state index contributed by atoms with van der Waals surface area (Å²) in [6.07, 6.45) is 8.61. The molecule has 3 heterocycles. The van der Waals surface area contributed by atoms with E-state index in [0.717, 1.165) is 58.1 Å². The lowest BCUT2D eigenvalue weighted by Crippen LogP contribution is -1.99. The molecule has 138 valence electrons. The van der Waals surface area contributed by atoms with Gasteiger partial charge in [-0.2, -0.15) is 0 Å². The van der Waals surface area contributed by atoms with E-state index >= 15 is 0 Å². The van der Waals surface area contributed by atoms with Gasteiger partial charge in [-0.3, -0.25) is 9.38 Å². The molecule has 0 bridgehead atoms. The first-order valence-corrected chi connectivity index (χ1v) is 8.88. The molecular formula is C20H17N7O. The highest BCUT2D eigenvalue weighted by Crippen LogP contribution is 2.32. The number of pyridine rings is 1. The summed E-state index contributed by atoms with van der Waals surface area (Å²) in [4.78, 5) is 13.1. The predicted molar refractivity (Wildman–Crippen MR) is 107 cm³/mol. The highest BCUT2D eigenvalue weighted by Gasteiger charge is 2.20. The number of rotatable bonds is 3. The van der Waals surface area contributed by atoms with Crippen LogP contribution in [0.3, 0.4) is 0 Å². The third kappa shape index (κ3) is 2.62. The Labute approximate surface area is 160 Å². The van der Waals surface area contributed by atoms with Crippen molar-refractivity contribution in [1.29, 1.82) is 0 Å². The summed E-state index contributed by atoms with van der Waals surface area (Å²) in [7, 11) is 0. The SMILES string of the molecule is Nc1ccc(-c2nc3cnccn3c2Nc2ccc3c(c2)CC/C3=N\O)cn1. The van der Waals surface area contributed by atoms with Gasteiger partial charge in [0.15, 0.2) is 5.65 Å². The number of oxime groups is 1. The molecule has 0 fully saturated rings. The average Bonchev–Trinajstić information content (AvgIpc) is 3.30. The second-order valence-electron chi connectivity index (χ2n) is 6.63. The Morgan fingerprint density at radius 2 is 2.07 bits per heavy atom. The Morgan fingerprint density at radius 1 is 1.14 bits per heavy atom. The van der Waals surface area contributed by atoms with Crippen molar-refractivity contribution in [3.8, 4) is 11.3 Å². The molecular weight excluding hydrogens is 354 g/mol. The van der Waals surface area contributed by atoms with Gasteiger partial charge in [-0.15, -0.1) is 0 Å². The fourth-order valence-electron chi connectivity index (χ4n) is 3.56. The maximum atomic E-state index is 9.13. The van der Waals surface area contributed by atoms with E-state index in [1.165, 1.54) is 0 Å². The standard InChI is InChI=1S/C20H17N7O/c21-17-6-2-13(10-23-17)19-20(27-8-7-22-11-18(27)25-19)24-14-3-4-15-12(9-14)1-5-16(15)26-28/h2-4,6-11,24,28H,1,5H2,(H2,21,23)/b26-16+. The zero-order valence-electron chi connectivity index (χ0n) is 14.9. The van der Waals surface area contributed by atoms with Gasteiger partial charge >= 0.3 is 0 Å². The van der Waals surface area contributed by atoms with Crippen molar-refractivity contribution in [1.82, 2.24) is 19.4 Å². The molecule has 8 heteroatoms. The molecule has 1 aromatic carbocycles. The van der Waals surface area contributed by atoms with Crippen molar-refractivity contribution < 1.29 is 5.21 Å². The molecule has 1 aliphatic rings. The van der Waals surface area contributed by atoms with Crippen LogP contribution in [0.1, 0.15) is 17.5 Å². The van der Waals surface area contributed by atoms with Crippen molar-refractivity contribution >= 4 is 28.7 Å². The predicted octanol–water partition coefficient (Wildman–Crippen LogP) is 3.24. The average molecular weight is 371 g/mol. The lowest BCUT2D eigenvalue weighted by Gasteiger charge is -2.10. The summed E-state index contributed by atoms with van der Waals surface area (Å²) in [5.74, 6) is 1.28. The van der Waals surface area contributed by atoms with Crippen LogP contribution in [-0.2, 0) is 6.42 Å². The van der Waals surface area contributed by atoms with E-state index in [9.17, 15) is 0 Å². The number of hydrogen-bond donors (Lipinski definition) is 3. The number of imidazole rings is 1. The minimum absolute atomic E-state index is 0.462. The fourth-order valence-corrected chi connectivity index (χ4v) is 3.56. The van der Waals surface area contributed by atoms with Gasteiger partial charge in [0, 0.05) is 35.4 Å². The molecule has 0 aliphatic heterocycles. The van der Waals surface area contributed by atoms with Gasteiger partial charge in [-0.25, -0.2) is 9.97 Å². The number of aromatic nitrogens is 4. The highest BCUT2D eigenvalue weighted by atomic mass is 16.4. The monoisotopic (exact) mass is 371 g/mol. The second kappa shape index (κ2) is 6.34. The number of anilines is 3. The first-order chi connectivity index (χ1) is 13.7. The van der Waals surface area contributed by atoms with Crippen LogP contribution in [0.15, 0.2) is 60.3 Å². The fraction of sp³-hybridized carbons (Fsp3) is 0.100. The third-order valence-electron chi connectivity index (χ3n) is 4.92. The Bertz CT molecular complexity index is 1210. The molecule has 0 atom stereocenters. The van der Waals surface area contributed by atoms with Crippen LogP contribution in [0, 0.1) is 0 Å². The Kier molecular flexibility index (Phi) is 3.68. The maximum absolute atomic E-state index is 9.13. The normalized spacial score (nSPS) is 14.5. The van der Waals surface area contributed by atoms with Crippen LogP contribution in [0.2, 0.25) is 0 Å². The zero-order chi connectivity index (χ0) is 19.1. The number of aryl methyl sites for hydroxylation is 1. The number of nitrogens with one attached hydrogen (secondary N) is 1. The summed E-state index contributed by atoms with van der Waals surface area (Å²) < 4.78 is 1.95. The van der Waals surface area contributed by atoms with Gasteiger partial charge in [-0.05, 0) is 42.7 Å². The van der Waals surface area contributed by atoms with Gasteiger partial charge in [0.2, 0.25) is 0 Å². The lowest BCUT2D eigenvalue weighted by atomic mass is 10.1. The number of benzene rings is 1. The first-order valence-electron chi connectivity index (χ1n) is 8.88. The van der Waals surface area contributed by atoms with Crippen LogP contribution in [0.5, 0.6) is 0 Å². The van der Waals surface area contributed by atoms with Crippen molar-refractivity contribution in [2.24, 2.45) is 5.16 Å². The van der Waals surface area contributed by atoms with E-state index in [1.54, 1.807) is 24.7 Å². The molecule has 3 aromatic heterocycles. The number of fused-ring (bicyclic) bond motifs is 2. The van der Waals surface area contributed by atoms with Crippen molar-refractivity contribution in [3.05, 3.63) is 66.2 Å². The highest BCUT2D eigenvalue weighted by molar-refractivity contribution is 6.04. The quantitative estimate of drug-likeness (QED) is 0.376. The largest absolute Gasteiger partial charge is 0.411 e. The minimum atomic E-state index is 0.462. The van der Waals surface area contributed by atoms with Gasteiger partial charge in [-0.1, -0.05) is 11.2 Å². The van der Waals surface area contributed by atoms with Gasteiger partial charge in [0.1, 0.15) is 17.3 Å². The van der Waals surface area contributed by atoms with E-state index in [4.69, 9.17) is 15.9 Å². The molecule has 4 N–H and O–H groups in total. The van der Waals surface area contributed by atoms with E-state index in [1.807, 2.05) is 28.8 Å². The van der Waals surface area contributed by atoms with Crippen LogP contribution in [0.4, 0.5) is 17.3 Å². The van der Waals surface area contributed by atoms with E-state index in [2.05, 4.69) is 26.5 Å². The van der Waals surface area contributed by atoms with Crippen molar-refractivity contribution in [3.63, 3.8) is 0 Å². The Balaban J connectivity index is 1.61. The Morgan fingerprint density at radius 3 is 2.89 bits per heavy atom. The lowest BCUT2D eigenvalue weighted by molar-refractivity contribution is 0.318. The van der Waals surface area contributed by atoms with Crippen molar-refractivity contribution in [2.45, 2.75) is 12.8 Å². The molecule has 0 amide bonds. The summed E-state index contributed by atoms with van der Waals surface area (Å²) in [5.41, 5.74) is 11.9. The number of nitrogen functional groups attached to an aromatic ring is 1. The Hall–Kier alpha value is -3.94. The second-order valence-corrected chi connectivity index (χ2v) is 6.63. The molecule has 1 aliphatic carbocycles. The molecule has 0 spiro atoms. The molecule has 5 rings (SSSR count). The summed E-state index contributed by atoms with van der Waals surface area (Å²) in [6.45, 7) is 0. The van der Waals surface area contributed by atoms with Gasteiger partial charge < -0.3 is 16.3 Å².